The molecule has 2 aromatic carbocycles. The Kier molecular flexibility index (Phi) is 7.10. The third-order valence-electron chi connectivity index (χ3n) is 3.37. The fraction of sp³-hybridized carbons (Fsp3) is 0.211. The molecule has 2 N–H and O–H groups in total. The van der Waals surface area contributed by atoms with Gasteiger partial charge in [-0.3, -0.25) is 4.79 Å². The summed E-state index contributed by atoms with van der Waals surface area (Å²) in [6, 6.07) is 16.5. The average molecular weight is 356 g/mol. The molecule has 5 nitrogen and oxygen atoms in total. The van der Waals surface area contributed by atoms with Crippen LogP contribution >= 0.6 is 12.2 Å². The Balaban J connectivity index is 1.84. The van der Waals surface area contributed by atoms with Crippen LogP contribution in [0.2, 0.25) is 0 Å². The predicted octanol–water partition coefficient (Wildman–Crippen LogP) is 3.31. The summed E-state index contributed by atoms with van der Waals surface area (Å²) in [5, 5.41) is 5.73. The number of esters is 1. The Bertz CT molecular complexity index is 747. The lowest BCUT2D eigenvalue weighted by molar-refractivity contribution is -0.119. The number of nitrogens with one attached hydrogen (secondary N) is 2. The second kappa shape index (κ2) is 9.54. The van der Waals surface area contributed by atoms with Crippen LogP contribution in [-0.2, 0) is 16.0 Å². The summed E-state index contributed by atoms with van der Waals surface area (Å²) in [5.41, 5.74) is 2.13. The Hall–Kier alpha value is -2.73. The van der Waals surface area contributed by atoms with Crippen molar-refractivity contribution in [3.63, 3.8) is 0 Å². The van der Waals surface area contributed by atoms with Gasteiger partial charge in [-0.1, -0.05) is 36.4 Å². The van der Waals surface area contributed by atoms with Gasteiger partial charge in [-0.05, 0) is 49.3 Å². The second-order valence-corrected chi connectivity index (χ2v) is 5.70. The summed E-state index contributed by atoms with van der Waals surface area (Å²) >= 11 is 5.14. The van der Waals surface area contributed by atoms with E-state index in [-0.39, 0.29) is 11.0 Å². The monoisotopic (exact) mass is 356 g/mol. The van der Waals surface area contributed by atoms with Gasteiger partial charge in [0.25, 0.3) is 0 Å². The lowest BCUT2D eigenvalue weighted by atomic mass is 10.1. The molecular weight excluding hydrogens is 336 g/mol. The molecule has 0 atom stereocenters. The Morgan fingerprint density at radius 2 is 1.84 bits per heavy atom. The van der Waals surface area contributed by atoms with Gasteiger partial charge in [-0.15, -0.1) is 0 Å². The van der Waals surface area contributed by atoms with Crippen molar-refractivity contribution < 1.29 is 14.3 Å². The number of rotatable bonds is 6. The first-order valence-electron chi connectivity index (χ1n) is 8.00. The topological polar surface area (TPSA) is 67.4 Å². The Morgan fingerprint density at radius 3 is 2.56 bits per heavy atom. The van der Waals surface area contributed by atoms with Crippen LogP contribution in [0.4, 0.5) is 5.69 Å². The van der Waals surface area contributed by atoms with Gasteiger partial charge < -0.3 is 15.4 Å². The largest absolute Gasteiger partial charge is 0.462 e. The van der Waals surface area contributed by atoms with Crippen molar-refractivity contribution in [1.29, 1.82) is 0 Å². The number of anilines is 1. The van der Waals surface area contributed by atoms with E-state index in [0.717, 1.165) is 5.56 Å². The van der Waals surface area contributed by atoms with Gasteiger partial charge in [0.15, 0.2) is 5.11 Å². The molecule has 0 aliphatic carbocycles. The first-order chi connectivity index (χ1) is 12.1. The Morgan fingerprint density at radius 1 is 1.08 bits per heavy atom. The SMILES string of the molecule is CCOC(=O)c1cccc(NC(=S)NC(=O)CCc2ccccc2)c1. The zero-order valence-electron chi connectivity index (χ0n) is 14.0. The minimum absolute atomic E-state index is 0.164. The molecule has 2 rings (SSSR count). The highest BCUT2D eigenvalue weighted by molar-refractivity contribution is 7.80. The fourth-order valence-corrected chi connectivity index (χ4v) is 2.42. The number of hydrogen-bond acceptors (Lipinski definition) is 4. The molecule has 0 saturated carbocycles. The van der Waals surface area contributed by atoms with Gasteiger partial charge in [-0.2, -0.15) is 0 Å². The number of thiocarbonyl (C=S) groups is 1. The summed E-state index contributed by atoms with van der Waals surface area (Å²) in [4.78, 5) is 23.7. The molecule has 6 heteroatoms. The summed E-state index contributed by atoms with van der Waals surface area (Å²) < 4.78 is 4.96. The summed E-state index contributed by atoms with van der Waals surface area (Å²) in [6.45, 7) is 2.06. The zero-order chi connectivity index (χ0) is 18.1. The third kappa shape index (κ3) is 6.35. The van der Waals surface area contributed by atoms with E-state index in [4.69, 9.17) is 17.0 Å². The molecule has 1 amide bonds. The molecule has 25 heavy (non-hydrogen) atoms. The molecule has 0 unspecified atom stereocenters. The quantitative estimate of drug-likeness (QED) is 0.614. The van der Waals surface area contributed by atoms with Crippen LogP contribution in [0.3, 0.4) is 0 Å². The highest BCUT2D eigenvalue weighted by Crippen LogP contribution is 2.12. The number of amides is 1. The number of aryl methyl sites for hydroxylation is 1. The maximum atomic E-state index is 12.0. The standard InChI is InChI=1S/C19H20N2O3S/c1-2-24-18(23)15-9-6-10-16(13-15)20-19(25)21-17(22)12-11-14-7-4-3-5-8-14/h3-10,13H,2,11-12H2,1H3,(H2,20,21,22,25). The van der Waals surface area contributed by atoms with Crippen LogP contribution in [-0.4, -0.2) is 23.6 Å². The van der Waals surface area contributed by atoms with Crippen LogP contribution in [0.1, 0.15) is 29.3 Å². The van der Waals surface area contributed by atoms with Crippen molar-refractivity contribution in [3.8, 4) is 0 Å². The maximum absolute atomic E-state index is 12.0. The van der Waals surface area contributed by atoms with E-state index < -0.39 is 5.97 Å². The second-order valence-electron chi connectivity index (χ2n) is 5.29. The molecule has 0 aliphatic rings. The van der Waals surface area contributed by atoms with Gasteiger partial charge in [0, 0.05) is 12.1 Å². The molecule has 130 valence electrons. The van der Waals surface area contributed by atoms with E-state index >= 15 is 0 Å². The van der Waals surface area contributed by atoms with E-state index in [1.807, 2.05) is 30.3 Å². The summed E-state index contributed by atoms with van der Waals surface area (Å²) in [5.74, 6) is -0.563. The summed E-state index contributed by atoms with van der Waals surface area (Å²) in [7, 11) is 0. The minimum Gasteiger partial charge on any atom is -0.462 e. The molecular formula is C19H20N2O3S. The van der Waals surface area contributed by atoms with Crippen molar-refractivity contribution in [3.05, 3.63) is 65.7 Å². The van der Waals surface area contributed by atoms with E-state index in [1.54, 1.807) is 31.2 Å². The molecule has 0 heterocycles. The lowest BCUT2D eigenvalue weighted by Gasteiger charge is -2.10. The third-order valence-corrected chi connectivity index (χ3v) is 3.57. The van der Waals surface area contributed by atoms with Gasteiger partial charge in [-0.25, -0.2) is 4.79 Å². The first kappa shape index (κ1) is 18.6. The highest BCUT2D eigenvalue weighted by Gasteiger charge is 2.09. The molecule has 2 aromatic rings. The molecule has 0 aromatic heterocycles. The van der Waals surface area contributed by atoms with Crippen molar-refractivity contribution in [2.75, 3.05) is 11.9 Å². The smallest absolute Gasteiger partial charge is 0.338 e. The van der Waals surface area contributed by atoms with Crippen LogP contribution in [0.5, 0.6) is 0 Å². The lowest BCUT2D eigenvalue weighted by Crippen LogP contribution is -2.34. The van der Waals surface area contributed by atoms with Crippen LogP contribution < -0.4 is 10.6 Å². The van der Waals surface area contributed by atoms with Crippen molar-refractivity contribution in [1.82, 2.24) is 5.32 Å². The Labute approximate surface area is 152 Å². The van der Waals surface area contributed by atoms with Gasteiger partial charge in [0.2, 0.25) is 5.91 Å². The number of ether oxygens (including phenoxy) is 1. The van der Waals surface area contributed by atoms with Crippen LogP contribution in [0.15, 0.2) is 54.6 Å². The van der Waals surface area contributed by atoms with Gasteiger partial charge in [0.05, 0.1) is 12.2 Å². The highest BCUT2D eigenvalue weighted by atomic mass is 32.1. The van der Waals surface area contributed by atoms with E-state index in [0.29, 0.717) is 30.7 Å². The fourth-order valence-electron chi connectivity index (χ4n) is 2.19. The average Bonchev–Trinajstić information content (AvgIpc) is 2.61. The molecule has 0 aliphatic heterocycles. The number of carbonyl (C=O) groups excluding carboxylic acids is 2. The molecule has 0 saturated heterocycles. The normalized spacial score (nSPS) is 9.96. The zero-order valence-corrected chi connectivity index (χ0v) is 14.8. The minimum atomic E-state index is -0.399. The van der Waals surface area contributed by atoms with Crippen LogP contribution in [0, 0.1) is 0 Å². The molecule has 0 radical (unpaired) electrons. The molecule has 0 bridgehead atoms. The van der Waals surface area contributed by atoms with Crippen molar-refractivity contribution in [2.45, 2.75) is 19.8 Å². The van der Waals surface area contributed by atoms with E-state index in [1.165, 1.54) is 0 Å². The number of benzene rings is 2. The number of hydrogen-bond donors (Lipinski definition) is 2. The van der Waals surface area contributed by atoms with Crippen molar-refractivity contribution >= 4 is 34.9 Å². The molecule has 0 spiro atoms. The number of carbonyl (C=O) groups is 2. The van der Waals surface area contributed by atoms with E-state index in [2.05, 4.69) is 10.6 Å². The molecule has 0 fully saturated rings. The maximum Gasteiger partial charge on any atom is 0.338 e. The van der Waals surface area contributed by atoms with E-state index in [9.17, 15) is 9.59 Å². The summed E-state index contributed by atoms with van der Waals surface area (Å²) in [6.07, 6.45) is 0.988. The van der Waals surface area contributed by atoms with Gasteiger partial charge in [0.1, 0.15) is 0 Å². The predicted molar refractivity (Wildman–Crippen MR) is 102 cm³/mol. The van der Waals surface area contributed by atoms with Gasteiger partial charge >= 0.3 is 5.97 Å². The first-order valence-corrected chi connectivity index (χ1v) is 8.41. The van der Waals surface area contributed by atoms with Crippen LogP contribution in [0.25, 0.3) is 0 Å². The van der Waals surface area contributed by atoms with Crippen molar-refractivity contribution in [2.24, 2.45) is 0 Å².